The zero-order chi connectivity index (χ0) is 20.9. The van der Waals surface area contributed by atoms with Gasteiger partial charge in [0.1, 0.15) is 4.83 Å². The Morgan fingerprint density at radius 1 is 1.23 bits per heavy atom. The molecule has 1 aliphatic carbocycles. The largest absolute Gasteiger partial charge is 0.355 e. The lowest BCUT2D eigenvalue weighted by Gasteiger charge is -2.12. The van der Waals surface area contributed by atoms with E-state index in [1.165, 1.54) is 34.2 Å². The fraction of sp³-hybridized carbons (Fsp3) is 0.435. The van der Waals surface area contributed by atoms with E-state index in [1.54, 1.807) is 15.9 Å². The number of carbonyl (C=O) groups is 1. The first kappa shape index (κ1) is 21.1. The molecule has 5 nitrogen and oxygen atoms in total. The summed E-state index contributed by atoms with van der Waals surface area (Å²) in [5.41, 5.74) is 2.55. The first-order chi connectivity index (χ1) is 14.7. The fourth-order valence-corrected chi connectivity index (χ4v) is 6.15. The molecule has 0 saturated heterocycles. The molecule has 1 aliphatic rings. The smallest absolute Gasteiger partial charge is 0.263 e. The molecule has 0 aliphatic heterocycles. The summed E-state index contributed by atoms with van der Waals surface area (Å²) >= 11 is 3.01. The molecule has 2 aromatic heterocycles. The summed E-state index contributed by atoms with van der Waals surface area (Å²) in [4.78, 5) is 32.4. The Balaban J connectivity index is 1.38. The Labute approximate surface area is 184 Å². The quantitative estimate of drug-likeness (QED) is 0.323. The van der Waals surface area contributed by atoms with Gasteiger partial charge in [-0.25, -0.2) is 4.98 Å². The van der Waals surface area contributed by atoms with Crippen LogP contribution in [-0.4, -0.2) is 27.8 Å². The molecular weight excluding hydrogens is 414 g/mol. The van der Waals surface area contributed by atoms with Gasteiger partial charge in [0, 0.05) is 18.0 Å². The zero-order valence-electron chi connectivity index (χ0n) is 17.3. The average molecular weight is 442 g/mol. The Kier molecular flexibility index (Phi) is 6.89. The highest BCUT2D eigenvalue weighted by Gasteiger charge is 2.22. The van der Waals surface area contributed by atoms with Gasteiger partial charge in [0.2, 0.25) is 5.91 Å². The second-order valence-electron chi connectivity index (χ2n) is 7.56. The van der Waals surface area contributed by atoms with Gasteiger partial charge in [0.15, 0.2) is 5.16 Å². The minimum Gasteiger partial charge on any atom is -0.355 e. The molecule has 158 valence electrons. The van der Waals surface area contributed by atoms with Gasteiger partial charge in [-0.05, 0) is 56.6 Å². The van der Waals surface area contributed by atoms with Crippen LogP contribution in [0.2, 0.25) is 0 Å². The van der Waals surface area contributed by atoms with Crippen LogP contribution in [0.15, 0.2) is 40.3 Å². The van der Waals surface area contributed by atoms with Gasteiger partial charge in [0.25, 0.3) is 5.56 Å². The first-order valence-corrected chi connectivity index (χ1v) is 12.5. The van der Waals surface area contributed by atoms with Crippen molar-refractivity contribution < 1.29 is 4.79 Å². The standard InChI is InChI=1S/C23H27N3O2S2/c1-2-26-22(28)20-17-12-6-7-13-18(17)30-21(20)25-23(26)29-15-19(27)24-14-8-11-16-9-4-3-5-10-16/h3-5,9-10H,2,6-8,11-15H2,1H3,(H,24,27). The number of rotatable bonds is 8. The monoisotopic (exact) mass is 441 g/mol. The summed E-state index contributed by atoms with van der Waals surface area (Å²) in [6.45, 7) is 3.17. The number of carbonyl (C=O) groups excluding carboxylic acids is 1. The number of thiophene rings is 1. The van der Waals surface area contributed by atoms with Crippen LogP contribution in [0.1, 0.15) is 42.2 Å². The topological polar surface area (TPSA) is 64.0 Å². The molecule has 0 saturated carbocycles. The van der Waals surface area contributed by atoms with Crippen molar-refractivity contribution in [2.45, 2.75) is 57.1 Å². The van der Waals surface area contributed by atoms with E-state index >= 15 is 0 Å². The Hall–Kier alpha value is -2.12. The molecule has 2 heterocycles. The number of nitrogens with zero attached hydrogens (tertiary/aromatic N) is 2. The van der Waals surface area contributed by atoms with Gasteiger partial charge < -0.3 is 5.32 Å². The highest BCUT2D eigenvalue weighted by molar-refractivity contribution is 7.99. The van der Waals surface area contributed by atoms with Crippen LogP contribution in [0.25, 0.3) is 10.2 Å². The maximum absolute atomic E-state index is 13.1. The average Bonchev–Trinajstić information content (AvgIpc) is 3.14. The minimum absolute atomic E-state index is 0.0180. The van der Waals surface area contributed by atoms with E-state index in [2.05, 4.69) is 17.4 Å². The number of fused-ring (bicyclic) bond motifs is 3. The summed E-state index contributed by atoms with van der Waals surface area (Å²) in [5.74, 6) is 0.254. The lowest BCUT2D eigenvalue weighted by atomic mass is 9.97. The van der Waals surface area contributed by atoms with Crippen LogP contribution in [0.3, 0.4) is 0 Å². The maximum atomic E-state index is 13.1. The van der Waals surface area contributed by atoms with Crippen molar-refractivity contribution in [2.75, 3.05) is 12.3 Å². The van der Waals surface area contributed by atoms with Crippen LogP contribution in [0.4, 0.5) is 0 Å². The second-order valence-corrected chi connectivity index (χ2v) is 9.59. The van der Waals surface area contributed by atoms with Gasteiger partial charge in [0.05, 0.1) is 11.1 Å². The van der Waals surface area contributed by atoms with E-state index in [1.807, 2.05) is 25.1 Å². The molecule has 7 heteroatoms. The Morgan fingerprint density at radius 3 is 2.83 bits per heavy atom. The number of aryl methyl sites for hydroxylation is 3. The van der Waals surface area contributed by atoms with Gasteiger partial charge in [-0.1, -0.05) is 42.1 Å². The van der Waals surface area contributed by atoms with E-state index in [9.17, 15) is 9.59 Å². The van der Waals surface area contributed by atoms with Crippen LogP contribution in [0, 0.1) is 0 Å². The molecule has 0 fully saturated rings. The molecule has 0 unspecified atom stereocenters. The van der Waals surface area contributed by atoms with Crippen molar-refractivity contribution in [3.63, 3.8) is 0 Å². The fourth-order valence-electron chi connectivity index (χ4n) is 3.96. The van der Waals surface area contributed by atoms with Gasteiger partial charge in [-0.3, -0.25) is 14.2 Å². The summed E-state index contributed by atoms with van der Waals surface area (Å²) < 4.78 is 1.72. The molecular formula is C23H27N3O2S2. The van der Waals surface area contributed by atoms with E-state index in [4.69, 9.17) is 4.98 Å². The molecule has 0 radical (unpaired) electrons. The number of aromatic nitrogens is 2. The number of amides is 1. The summed E-state index contributed by atoms with van der Waals surface area (Å²) in [5, 5.41) is 4.44. The lowest BCUT2D eigenvalue weighted by molar-refractivity contribution is -0.118. The number of nitrogens with one attached hydrogen (secondary N) is 1. The Bertz CT molecular complexity index is 1090. The maximum Gasteiger partial charge on any atom is 0.263 e. The van der Waals surface area contributed by atoms with Crippen LogP contribution >= 0.6 is 23.1 Å². The van der Waals surface area contributed by atoms with Crippen molar-refractivity contribution >= 4 is 39.2 Å². The van der Waals surface area contributed by atoms with Crippen molar-refractivity contribution in [3.05, 3.63) is 56.7 Å². The molecule has 1 aromatic carbocycles. The third kappa shape index (κ3) is 4.62. The van der Waals surface area contributed by atoms with Crippen molar-refractivity contribution in [3.8, 4) is 0 Å². The van der Waals surface area contributed by atoms with E-state index < -0.39 is 0 Å². The SMILES string of the molecule is CCn1c(SCC(=O)NCCCc2ccccc2)nc2sc3c(c2c1=O)CCCC3. The summed E-state index contributed by atoms with van der Waals surface area (Å²) in [6, 6.07) is 10.3. The molecule has 0 bridgehead atoms. The molecule has 4 rings (SSSR count). The highest BCUT2D eigenvalue weighted by atomic mass is 32.2. The number of hydrogen-bond acceptors (Lipinski definition) is 5. The van der Waals surface area contributed by atoms with Crippen molar-refractivity contribution in [2.24, 2.45) is 0 Å². The normalized spacial score (nSPS) is 13.4. The zero-order valence-corrected chi connectivity index (χ0v) is 18.9. The predicted molar refractivity (Wildman–Crippen MR) is 125 cm³/mol. The van der Waals surface area contributed by atoms with Crippen LogP contribution in [0.5, 0.6) is 0 Å². The van der Waals surface area contributed by atoms with Crippen molar-refractivity contribution in [1.29, 1.82) is 0 Å². The first-order valence-electron chi connectivity index (χ1n) is 10.7. The highest BCUT2D eigenvalue weighted by Crippen LogP contribution is 2.34. The van der Waals surface area contributed by atoms with E-state index in [-0.39, 0.29) is 17.2 Å². The molecule has 1 N–H and O–H groups in total. The second kappa shape index (κ2) is 9.79. The van der Waals surface area contributed by atoms with E-state index in [0.29, 0.717) is 18.2 Å². The summed E-state index contributed by atoms with van der Waals surface area (Å²) in [7, 11) is 0. The summed E-state index contributed by atoms with van der Waals surface area (Å²) in [6.07, 6.45) is 6.22. The van der Waals surface area contributed by atoms with Crippen molar-refractivity contribution in [1.82, 2.24) is 14.9 Å². The minimum atomic E-state index is -0.0180. The third-order valence-electron chi connectivity index (χ3n) is 5.50. The van der Waals surface area contributed by atoms with Gasteiger partial charge in [-0.2, -0.15) is 0 Å². The molecule has 30 heavy (non-hydrogen) atoms. The molecule has 0 atom stereocenters. The van der Waals surface area contributed by atoms with Gasteiger partial charge in [-0.15, -0.1) is 11.3 Å². The van der Waals surface area contributed by atoms with Crippen LogP contribution in [-0.2, 0) is 30.6 Å². The number of benzene rings is 1. The van der Waals surface area contributed by atoms with Crippen LogP contribution < -0.4 is 10.9 Å². The van der Waals surface area contributed by atoms with Gasteiger partial charge >= 0.3 is 0 Å². The molecule has 0 spiro atoms. The predicted octanol–water partition coefficient (Wildman–Crippen LogP) is 4.20. The lowest BCUT2D eigenvalue weighted by Crippen LogP contribution is -2.27. The number of thioether (sulfide) groups is 1. The number of hydrogen-bond donors (Lipinski definition) is 1. The molecule has 1 amide bonds. The van der Waals surface area contributed by atoms with E-state index in [0.717, 1.165) is 42.3 Å². The molecule has 3 aromatic rings. The third-order valence-corrected chi connectivity index (χ3v) is 7.66. The Morgan fingerprint density at radius 2 is 2.03 bits per heavy atom.